The van der Waals surface area contributed by atoms with E-state index in [4.69, 9.17) is 4.74 Å². The fourth-order valence-electron chi connectivity index (χ4n) is 4.67. The van der Waals surface area contributed by atoms with E-state index in [1.807, 2.05) is 12.1 Å². The van der Waals surface area contributed by atoms with Crippen molar-refractivity contribution >= 4 is 5.78 Å². The van der Waals surface area contributed by atoms with Crippen LogP contribution >= 0.6 is 0 Å². The molecule has 148 valence electrons. The lowest BCUT2D eigenvalue weighted by atomic mass is 9.94. The zero-order chi connectivity index (χ0) is 19.5. The molecule has 0 aliphatic carbocycles. The number of nitrogens with zero attached hydrogens (tertiary/aromatic N) is 2. The Morgan fingerprint density at radius 2 is 1.61 bits per heavy atom. The molecule has 4 heteroatoms. The summed E-state index contributed by atoms with van der Waals surface area (Å²) in [5.74, 6) is 1.80. The van der Waals surface area contributed by atoms with Gasteiger partial charge < -0.3 is 4.74 Å². The number of benzene rings is 2. The Morgan fingerprint density at radius 1 is 0.929 bits per heavy atom. The summed E-state index contributed by atoms with van der Waals surface area (Å²) >= 11 is 0. The van der Waals surface area contributed by atoms with Gasteiger partial charge in [0.2, 0.25) is 0 Å². The molecule has 3 heterocycles. The van der Waals surface area contributed by atoms with Crippen molar-refractivity contribution in [2.45, 2.75) is 38.9 Å². The van der Waals surface area contributed by atoms with Crippen LogP contribution in [0.2, 0.25) is 0 Å². The maximum atomic E-state index is 11.5. The van der Waals surface area contributed by atoms with Crippen molar-refractivity contribution in [1.29, 1.82) is 0 Å². The zero-order valence-electron chi connectivity index (χ0n) is 16.9. The van der Waals surface area contributed by atoms with E-state index >= 15 is 0 Å². The highest BCUT2D eigenvalue weighted by atomic mass is 16.5. The summed E-state index contributed by atoms with van der Waals surface area (Å²) in [6, 6.07) is 17.2. The van der Waals surface area contributed by atoms with Gasteiger partial charge in [-0.2, -0.15) is 0 Å². The van der Waals surface area contributed by atoms with E-state index in [-0.39, 0.29) is 5.78 Å². The van der Waals surface area contributed by atoms with Crippen molar-refractivity contribution in [3.8, 4) is 5.75 Å². The molecule has 0 saturated carbocycles. The van der Waals surface area contributed by atoms with Crippen LogP contribution in [-0.2, 0) is 13.1 Å². The molecule has 0 spiro atoms. The lowest BCUT2D eigenvalue weighted by molar-refractivity contribution is 0.101. The molecule has 5 rings (SSSR count). The normalized spacial score (nSPS) is 22.8. The third kappa shape index (κ3) is 4.45. The number of methoxy groups -OCH3 is 1. The van der Waals surface area contributed by atoms with Gasteiger partial charge in [-0.1, -0.05) is 36.4 Å². The van der Waals surface area contributed by atoms with E-state index < -0.39 is 0 Å². The summed E-state index contributed by atoms with van der Waals surface area (Å²) in [5.41, 5.74) is 3.46. The van der Waals surface area contributed by atoms with Crippen LogP contribution < -0.4 is 4.74 Å². The van der Waals surface area contributed by atoms with E-state index in [1.165, 1.54) is 37.1 Å². The number of hydrogen-bond donors (Lipinski definition) is 0. The molecule has 3 fully saturated rings. The Bertz CT molecular complexity index is 800. The van der Waals surface area contributed by atoms with Gasteiger partial charge in [-0.05, 0) is 48.9 Å². The second-order valence-electron chi connectivity index (χ2n) is 8.32. The lowest BCUT2D eigenvalue weighted by Crippen LogP contribution is -2.43. The average Bonchev–Trinajstić information content (AvgIpc) is 2.99. The lowest BCUT2D eigenvalue weighted by Gasteiger charge is -2.36. The molecule has 3 saturated heterocycles. The molecule has 4 nitrogen and oxygen atoms in total. The van der Waals surface area contributed by atoms with Gasteiger partial charge in [0.05, 0.1) is 7.11 Å². The molecule has 3 aliphatic heterocycles. The first-order valence-corrected chi connectivity index (χ1v) is 10.3. The van der Waals surface area contributed by atoms with Crippen LogP contribution in [0, 0.1) is 5.92 Å². The standard InChI is InChI=1S/C24H30N2O2/c1-18(27)22-8-3-20(4-9-22)15-26-16-21-5-10-23(26)17-25(14-21)13-19-6-11-24(28-2)12-7-19/h3-4,6-9,11-12,21,23H,5,10,13-17H2,1-2H3. The Hall–Kier alpha value is -2.17. The summed E-state index contributed by atoms with van der Waals surface area (Å²) in [6.45, 7) is 7.11. The predicted molar refractivity (Wildman–Crippen MR) is 112 cm³/mol. The van der Waals surface area contributed by atoms with Crippen molar-refractivity contribution in [3.05, 3.63) is 65.2 Å². The third-order valence-corrected chi connectivity index (χ3v) is 6.21. The Morgan fingerprint density at radius 3 is 2.29 bits per heavy atom. The van der Waals surface area contributed by atoms with Crippen LogP contribution in [0.4, 0.5) is 0 Å². The number of fused-ring (bicyclic) bond motifs is 4. The van der Waals surface area contributed by atoms with Crippen molar-refractivity contribution < 1.29 is 9.53 Å². The molecule has 2 unspecified atom stereocenters. The predicted octanol–water partition coefficient (Wildman–Crippen LogP) is 3.99. The molecule has 3 aliphatic rings. The number of carbonyl (C=O) groups excluding carboxylic acids is 1. The summed E-state index contributed by atoms with van der Waals surface area (Å²) in [7, 11) is 1.71. The first kappa shape index (κ1) is 19.2. The van der Waals surface area contributed by atoms with Crippen LogP contribution in [-0.4, -0.2) is 48.4 Å². The molecule has 2 bridgehead atoms. The van der Waals surface area contributed by atoms with Gasteiger partial charge in [0.1, 0.15) is 5.75 Å². The summed E-state index contributed by atoms with van der Waals surface area (Å²) < 4.78 is 5.28. The topological polar surface area (TPSA) is 32.8 Å². The molecular weight excluding hydrogens is 348 g/mol. The molecule has 28 heavy (non-hydrogen) atoms. The quantitative estimate of drug-likeness (QED) is 0.712. The molecule has 0 radical (unpaired) electrons. The van der Waals surface area contributed by atoms with Crippen LogP contribution in [0.25, 0.3) is 0 Å². The number of carbonyl (C=O) groups is 1. The first-order chi connectivity index (χ1) is 13.6. The number of ether oxygens (including phenoxy) is 1. The van der Waals surface area contributed by atoms with E-state index in [0.29, 0.717) is 6.04 Å². The maximum absolute atomic E-state index is 11.5. The number of piperidine rings is 1. The summed E-state index contributed by atoms with van der Waals surface area (Å²) in [4.78, 5) is 16.8. The van der Waals surface area contributed by atoms with Crippen LogP contribution in [0.1, 0.15) is 41.3 Å². The third-order valence-electron chi connectivity index (χ3n) is 6.21. The van der Waals surface area contributed by atoms with Crippen molar-refractivity contribution in [2.24, 2.45) is 5.92 Å². The molecule has 0 aromatic heterocycles. The van der Waals surface area contributed by atoms with Gasteiger partial charge in [0.25, 0.3) is 0 Å². The van der Waals surface area contributed by atoms with E-state index in [0.717, 1.165) is 36.9 Å². The highest BCUT2D eigenvalue weighted by Gasteiger charge is 2.34. The minimum Gasteiger partial charge on any atom is -0.497 e. The number of Topliss-reactive ketones (excluding diaryl/α,β-unsaturated/α-hetero) is 1. The molecule has 2 aromatic rings. The Kier molecular flexibility index (Phi) is 5.79. The number of ketones is 1. The highest BCUT2D eigenvalue weighted by Crippen LogP contribution is 2.30. The minimum atomic E-state index is 0.134. The van der Waals surface area contributed by atoms with Crippen molar-refractivity contribution in [1.82, 2.24) is 9.80 Å². The zero-order valence-corrected chi connectivity index (χ0v) is 16.9. The average molecular weight is 379 g/mol. The van der Waals surface area contributed by atoms with Gasteiger partial charge in [-0.3, -0.25) is 14.6 Å². The second kappa shape index (κ2) is 8.46. The Balaban J connectivity index is 1.40. The minimum absolute atomic E-state index is 0.134. The smallest absolute Gasteiger partial charge is 0.159 e. The number of hydrogen-bond acceptors (Lipinski definition) is 4. The van der Waals surface area contributed by atoms with Crippen LogP contribution in [0.5, 0.6) is 5.75 Å². The van der Waals surface area contributed by atoms with Gasteiger partial charge in [0, 0.05) is 44.3 Å². The maximum Gasteiger partial charge on any atom is 0.159 e. The molecular formula is C24H30N2O2. The summed E-state index contributed by atoms with van der Waals surface area (Å²) in [5, 5.41) is 0. The molecule has 0 amide bonds. The van der Waals surface area contributed by atoms with E-state index in [2.05, 4.69) is 46.2 Å². The number of rotatable bonds is 6. The summed E-state index contributed by atoms with van der Waals surface area (Å²) in [6.07, 6.45) is 2.62. The first-order valence-electron chi connectivity index (χ1n) is 10.3. The van der Waals surface area contributed by atoms with E-state index in [9.17, 15) is 4.79 Å². The van der Waals surface area contributed by atoms with Crippen LogP contribution in [0.3, 0.4) is 0 Å². The second-order valence-corrected chi connectivity index (χ2v) is 8.32. The van der Waals surface area contributed by atoms with E-state index in [1.54, 1.807) is 14.0 Å². The SMILES string of the molecule is COc1ccc(CN2CC3CCC(C2)N(Cc2ccc(C(C)=O)cc2)C3)cc1. The highest BCUT2D eigenvalue weighted by molar-refractivity contribution is 5.93. The van der Waals surface area contributed by atoms with Crippen LogP contribution in [0.15, 0.2) is 48.5 Å². The largest absolute Gasteiger partial charge is 0.497 e. The van der Waals surface area contributed by atoms with Gasteiger partial charge in [-0.25, -0.2) is 0 Å². The fraction of sp³-hybridized carbons (Fsp3) is 0.458. The van der Waals surface area contributed by atoms with Gasteiger partial charge in [0.15, 0.2) is 5.78 Å². The van der Waals surface area contributed by atoms with Crippen molar-refractivity contribution in [2.75, 3.05) is 26.7 Å². The molecule has 2 aromatic carbocycles. The van der Waals surface area contributed by atoms with Crippen molar-refractivity contribution in [3.63, 3.8) is 0 Å². The van der Waals surface area contributed by atoms with Gasteiger partial charge in [-0.15, -0.1) is 0 Å². The van der Waals surface area contributed by atoms with Gasteiger partial charge >= 0.3 is 0 Å². The monoisotopic (exact) mass is 378 g/mol. The Labute approximate surface area is 168 Å². The fourth-order valence-corrected chi connectivity index (χ4v) is 4.67. The molecule has 0 N–H and O–H groups in total. The molecule has 2 atom stereocenters.